The number of ether oxygens (including phenoxy) is 1. The van der Waals surface area contributed by atoms with Gasteiger partial charge in [-0.2, -0.15) is 0 Å². The molecule has 1 aliphatic rings. The van der Waals surface area contributed by atoms with Gasteiger partial charge in [0.25, 0.3) is 6.33 Å². The summed E-state index contributed by atoms with van der Waals surface area (Å²) in [5.74, 6) is 1.96. The van der Waals surface area contributed by atoms with E-state index in [9.17, 15) is 0 Å². The van der Waals surface area contributed by atoms with Crippen LogP contribution in [0.25, 0.3) is 43.7 Å². The maximum atomic E-state index is 7.12. The van der Waals surface area contributed by atoms with Gasteiger partial charge in [0.2, 0.25) is 0 Å². The van der Waals surface area contributed by atoms with Gasteiger partial charge >= 0.3 is 0 Å². The molecule has 1 aliphatic heterocycles. The van der Waals surface area contributed by atoms with Crippen LogP contribution >= 0.6 is 0 Å². The Hall–Kier alpha value is -3.24. The SMILES string of the molecule is Cc1c2c(c(CC(C)(C)C)c3ccc(CC(C)(C)C)cc13)Oc1cc3c([Si](C)(C)C)cccc3c3nc[n+](C)c-2c13. The number of nitrogens with zero attached hydrogens (tertiary/aromatic N) is 2. The first-order valence-corrected chi connectivity index (χ1v) is 18.5. The van der Waals surface area contributed by atoms with Crippen molar-refractivity contribution in [3.8, 4) is 22.8 Å². The first kappa shape index (κ1) is 27.9. The summed E-state index contributed by atoms with van der Waals surface area (Å²) in [6.07, 6.45) is 3.98. The molecule has 0 N–H and O–H groups in total. The van der Waals surface area contributed by atoms with E-state index < -0.39 is 8.07 Å². The van der Waals surface area contributed by atoms with Gasteiger partial charge in [-0.25, -0.2) is 4.57 Å². The standard InChI is InChI=1S/C37H45N2OSi/c1-22-26-17-23(19-36(2,3)4)15-16-24(26)28(20-37(5,6)7)35-31(22)34-32-29(40-35)18-27-25(33(32)38-21-39(34)8)13-12-14-30(27)41(9,10)11/h12-18,21H,19-20H2,1-11H3/q+1. The molecule has 41 heavy (non-hydrogen) atoms. The van der Waals surface area contributed by atoms with E-state index in [4.69, 9.17) is 9.72 Å². The highest BCUT2D eigenvalue weighted by atomic mass is 28.3. The van der Waals surface area contributed by atoms with Crippen LogP contribution in [-0.4, -0.2) is 13.1 Å². The van der Waals surface area contributed by atoms with Crippen molar-refractivity contribution in [2.45, 2.75) is 80.9 Å². The second kappa shape index (κ2) is 9.13. The molecule has 3 nitrogen and oxygen atoms in total. The molecule has 0 unspecified atom stereocenters. The first-order chi connectivity index (χ1) is 19.0. The van der Waals surface area contributed by atoms with Crippen LogP contribution < -0.4 is 14.5 Å². The number of rotatable bonds is 3. The Balaban J connectivity index is 1.76. The lowest BCUT2D eigenvalue weighted by Gasteiger charge is -2.29. The number of hydrogen-bond donors (Lipinski definition) is 0. The molecule has 0 amide bonds. The molecule has 0 spiro atoms. The Morgan fingerprint density at radius 2 is 1.54 bits per heavy atom. The lowest BCUT2D eigenvalue weighted by atomic mass is 9.80. The number of aromatic nitrogens is 2. The first-order valence-electron chi connectivity index (χ1n) is 15.0. The van der Waals surface area contributed by atoms with Gasteiger partial charge in [-0.05, 0) is 75.0 Å². The second-order valence-corrected chi connectivity index (χ2v) is 20.8. The summed E-state index contributed by atoms with van der Waals surface area (Å²) in [5, 5.41) is 7.73. The van der Waals surface area contributed by atoms with Crippen molar-refractivity contribution >= 4 is 45.7 Å². The molecule has 0 aliphatic carbocycles. The third-order valence-electron chi connectivity index (χ3n) is 8.46. The van der Waals surface area contributed by atoms with Crippen LogP contribution in [0.3, 0.4) is 0 Å². The molecular weight excluding hydrogens is 517 g/mol. The molecule has 4 heteroatoms. The van der Waals surface area contributed by atoms with E-state index in [1.54, 1.807) is 0 Å². The minimum absolute atomic E-state index is 0.105. The van der Waals surface area contributed by atoms with Crippen LogP contribution in [0.4, 0.5) is 0 Å². The predicted octanol–water partition coefficient (Wildman–Crippen LogP) is 9.17. The summed E-state index contributed by atoms with van der Waals surface area (Å²) in [4.78, 5) is 5.03. The van der Waals surface area contributed by atoms with Gasteiger partial charge in [-0.1, -0.05) is 96.7 Å². The Labute approximate surface area is 246 Å². The third-order valence-corrected chi connectivity index (χ3v) is 10.5. The van der Waals surface area contributed by atoms with Gasteiger partial charge in [-0.3, -0.25) is 0 Å². The molecule has 0 saturated carbocycles. The summed E-state index contributed by atoms with van der Waals surface area (Å²) < 4.78 is 9.33. The predicted molar refractivity (Wildman–Crippen MR) is 177 cm³/mol. The van der Waals surface area contributed by atoms with Crippen molar-refractivity contribution in [1.82, 2.24) is 4.98 Å². The molecule has 5 aromatic rings. The highest BCUT2D eigenvalue weighted by Gasteiger charge is 2.35. The van der Waals surface area contributed by atoms with Crippen LogP contribution in [0.2, 0.25) is 19.6 Å². The van der Waals surface area contributed by atoms with Crippen LogP contribution in [0.15, 0.2) is 48.8 Å². The van der Waals surface area contributed by atoms with E-state index in [-0.39, 0.29) is 10.8 Å². The van der Waals surface area contributed by atoms with E-state index in [1.165, 1.54) is 54.7 Å². The zero-order chi connectivity index (χ0) is 29.6. The van der Waals surface area contributed by atoms with Crippen LogP contribution in [0, 0.1) is 17.8 Å². The number of benzene rings is 4. The topological polar surface area (TPSA) is 26.0 Å². The molecule has 0 saturated heterocycles. The smallest absolute Gasteiger partial charge is 0.287 e. The van der Waals surface area contributed by atoms with Crippen LogP contribution in [-0.2, 0) is 19.9 Å². The molecule has 2 heterocycles. The maximum Gasteiger partial charge on any atom is 0.287 e. The maximum absolute atomic E-state index is 7.12. The monoisotopic (exact) mass is 561 g/mol. The Bertz CT molecular complexity index is 1880. The fraction of sp³-hybridized carbons (Fsp3) is 0.405. The summed E-state index contributed by atoms with van der Waals surface area (Å²) in [6.45, 7) is 23.5. The van der Waals surface area contributed by atoms with E-state index in [2.05, 4.69) is 122 Å². The summed E-state index contributed by atoms with van der Waals surface area (Å²) in [5.41, 5.74) is 7.78. The average molecular weight is 562 g/mol. The molecule has 0 bridgehead atoms. The van der Waals surface area contributed by atoms with Crippen LogP contribution in [0.1, 0.15) is 58.2 Å². The zero-order valence-corrected chi connectivity index (χ0v) is 27.8. The van der Waals surface area contributed by atoms with Crippen molar-refractivity contribution in [3.63, 3.8) is 0 Å². The van der Waals surface area contributed by atoms with Crippen molar-refractivity contribution in [3.05, 3.63) is 65.5 Å². The third kappa shape index (κ3) is 4.74. The van der Waals surface area contributed by atoms with E-state index in [0.717, 1.165) is 35.2 Å². The lowest BCUT2D eigenvalue weighted by molar-refractivity contribution is -0.662. The van der Waals surface area contributed by atoms with Gasteiger partial charge in [0, 0.05) is 10.9 Å². The van der Waals surface area contributed by atoms with Crippen molar-refractivity contribution in [2.75, 3.05) is 0 Å². The highest BCUT2D eigenvalue weighted by Crippen LogP contribution is 2.52. The zero-order valence-electron chi connectivity index (χ0n) is 26.8. The molecule has 0 radical (unpaired) electrons. The molecule has 0 atom stereocenters. The largest absolute Gasteiger partial charge is 0.455 e. The number of hydrogen-bond acceptors (Lipinski definition) is 2. The minimum atomic E-state index is -1.60. The van der Waals surface area contributed by atoms with Gasteiger partial charge in [0.1, 0.15) is 16.9 Å². The molecule has 0 fully saturated rings. The van der Waals surface area contributed by atoms with E-state index >= 15 is 0 Å². The van der Waals surface area contributed by atoms with Gasteiger partial charge < -0.3 is 4.74 Å². The van der Waals surface area contributed by atoms with Crippen molar-refractivity contribution < 1.29 is 9.30 Å². The quantitative estimate of drug-likeness (QED) is 0.122. The second-order valence-electron chi connectivity index (χ2n) is 15.7. The summed E-state index contributed by atoms with van der Waals surface area (Å²) in [7, 11) is 0.533. The average Bonchev–Trinajstić information content (AvgIpc) is 2.85. The van der Waals surface area contributed by atoms with Crippen molar-refractivity contribution in [2.24, 2.45) is 17.9 Å². The summed E-state index contributed by atoms with van der Waals surface area (Å²) >= 11 is 0. The minimum Gasteiger partial charge on any atom is -0.455 e. The molecule has 1 aromatic heterocycles. The fourth-order valence-electron chi connectivity index (χ4n) is 6.84. The highest BCUT2D eigenvalue weighted by molar-refractivity contribution is 6.90. The normalized spacial score (nSPS) is 13.6. The van der Waals surface area contributed by atoms with Crippen molar-refractivity contribution in [1.29, 1.82) is 0 Å². The Kier molecular flexibility index (Phi) is 6.21. The fourth-order valence-corrected chi connectivity index (χ4v) is 8.45. The Morgan fingerprint density at radius 1 is 0.829 bits per heavy atom. The molecule has 6 rings (SSSR count). The lowest BCUT2D eigenvalue weighted by Crippen LogP contribution is -2.38. The summed E-state index contributed by atoms with van der Waals surface area (Å²) in [6, 6.07) is 16.2. The van der Waals surface area contributed by atoms with E-state index in [0.29, 0.717) is 0 Å². The number of fused-ring (bicyclic) bond motifs is 5. The molecule has 212 valence electrons. The molecular formula is C37H45N2OSi+. The number of aryl methyl sites for hydroxylation is 2. The van der Waals surface area contributed by atoms with E-state index in [1.807, 2.05) is 6.33 Å². The molecule has 4 aromatic carbocycles. The Morgan fingerprint density at radius 3 is 2.20 bits per heavy atom. The van der Waals surface area contributed by atoms with Gasteiger partial charge in [-0.15, -0.1) is 0 Å². The van der Waals surface area contributed by atoms with Gasteiger partial charge in [0.15, 0.2) is 11.2 Å². The van der Waals surface area contributed by atoms with Gasteiger partial charge in [0.05, 0.1) is 20.7 Å². The van der Waals surface area contributed by atoms with Crippen LogP contribution in [0.5, 0.6) is 11.5 Å².